The molecule has 0 saturated carbocycles. The van der Waals surface area contributed by atoms with Crippen LogP contribution in [0.15, 0.2) is 52.9 Å². The van der Waals surface area contributed by atoms with Crippen molar-refractivity contribution in [3.8, 4) is 28.3 Å². The average Bonchev–Trinajstić information content (AvgIpc) is 3.29. The SMILES string of the molecule is COc1ccccc1-c1nc(C2CCN(C(=O)N(C)O)CC2)oc1-c1ccc(CO)cc1. The highest BCUT2D eigenvalue weighted by molar-refractivity contribution is 5.80. The molecule has 2 aromatic carbocycles. The first-order valence-electron chi connectivity index (χ1n) is 10.6. The van der Waals surface area contributed by atoms with Gasteiger partial charge in [-0.3, -0.25) is 5.21 Å². The van der Waals surface area contributed by atoms with Crippen molar-refractivity contribution >= 4 is 6.03 Å². The second-order valence-electron chi connectivity index (χ2n) is 7.85. The van der Waals surface area contributed by atoms with Crippen molar-refractivity contribution in [3.05, 3.63) is 60.0 Å². The van der Waals surface area contributed by atoms with E-state index in [1.165, 1.54) is 7.05 Å². The van der Waals surface area contributed by atoms with Gasteiger partial charge in [0.05, 0.1) is 13.7 Å². The first-order chi connectivity index (χ1) is 15.5. The molecule has 2 heterocycles. The number of carbonyl (C=O) groups excluding carboxylic acids is 1. The first kappa shape index (κ1) is 21.9. The van der Waals surface area contributed by atoms with E-state index in [0.717, 1.165) is 16.7 Å². The van der Waals surface area contributed by atoms with Crippen molar-refractivity contribution in [1.82, 2.24) is 14.9 Å². The number of carbonyl (C=O) groups is 1. The van der Waals surface area contributed by atoms with Crippen LogP contribution in [-0.2, 0) is 6.61 Å². The number of likely N-dealkylation sites (tertiary alicyclic amines) is 1. The predicted octanol–water partition coefficient (Wildman–Crippen LogP) is 4.13. The lowest BCUT2D eigenvalue weighted by atomic mass is 9.97. The summed E-state index contributed by atoms with van der Waals surface area (Å²) in [7, 11) is 2.96. The Labute approximate surface area is 186 Å². The second kappa shape index (κ2) is 9.42. The number of ether oxygens (including phenoxy) is 1. The van der Waals surface area contributed by atoms with Gasteiger partial charge in [-0.25, -0.2) is 14.8 Å². The molecule has 32 heavy (non-hydrogen) atoms. The lowest BCUT2D eigenvalue weighted by Gasteiger charge is -2.31. The van der Waals surface area contributed by atoms with E-state index in [1.54, 1.807) is 12.0 Å². The van der Waals surface area contributed by atoms with E-state index < -0.39 is 6.03 Å². The molecule has 4 rings (SSSR count). The molecule has 0 radical (unpaired) electrons. The fourth-order valence-electron chi connectivity index (χ4n) is 4.01. The largest absolute Gasteiger partial charge is 0.496 e. The molecule has 0 spiro atoms. The Morgan fingerprint density at radius 3 is 2.50 bits per heavy atom. The van der Waals surface area contributed by atoms with Crippen LogP contribution in [0.2, 0.25) is 0 Å². The minimum Gasteiger partial charge on any atom is -0.496 e. The fraction of sp³-hybridized carbons (Fsp3) is 0.333. The predicted molar refractivity (Wildman–Crippen MR) is 118 cm³/mol. The third-order valence-electron chi connectivity index (χ3n) is 5.80. The Hall–Kier alpha value is -3.36. The number of rotatable bonds is 5. The van der Waals surface area contributed by atoms with E-state index in [9.17, 15) is 15.1 Å². The number of aliphatic hydroxyl groups excluding tert-OH is 1. The standard InChI is InChI=1S/C24H27N3O5/c1-26(30)24(29)27-13-11-18(12-14-27)23-25-21(19-5-3-4-6-20(19)31-2)22(32-23)17-9-7-16(15-28)8-10-17/h3-10,18,28,30H,11-15H2,1-2H3. The van der Waals surface area contributed by atoms with E-state index >= 15 is 0 Å². The molecule has 1 aromatic heterocycles. The molecule has 1 saturated heterocycles. The number of urea groups is 1. The fourth-order valence-corrected chi connectivity index (χ4v) is 4.01. The summed E-state index contributed by atoms with van der Waals surface area (Å²) in [6.07, 6.45) is 1.38. The van der Waals surface area contributed by atoms with Crippen molar-refractivity contribution in [2.24, 2.45) is 0 Å². The lowest BCUT2D eigenvalue weighted by molar-refractivity contribution is -0.0358. The van der Waals surface area contributed by atoms with Crippen molar-refractivity contribution < 1.29 is 24.3 Å². The highest BCUT2D eigenvalue weighted by Gasteiger charge is 2.30. The number of hydrogen-bond acceptors (Lipinski definition) is 6. The van der Waals surface area contributed by atoms with Crippen LogP contribution in [0.4, 0.5) is 4.79 Å². The van der Waals surface area contributed by atoms with Gasteiger partial charge in [-0.2, -0.15) is 0 Å². The normalized spacial score (nSPS) is 14.4. The molecule has 1 aliphatic heterocycles. The number of piperidine rings is 1. The number of aliphatic hydroxyl groups is 1. The molecule has 2 N–H and O–H groups in total. The maximum Gasteiger partial charge on any atom is 0.343 e. The Morgan fingerprint density at radius 2 is 1.88 bits per heavy atom. The molecule has 0 atom stereocenters. The Kier molecular flexibility index (Phi) is 6.43. The zero-order valence-electron chi connectivity index (χ0n) is 18.2. The van der Waals surface area contributed by atoms with Crippen molar-refractivity contribution in [2.75, 3.05) is 27.2 Å². The van der Waals surface area contributed by atoms with E-state index in [4.69, 9.17) is 14.1 Å². The van der Waals surface area contributed by atoms with Crippen LogP contribution in [0.1, 0.15) is 30.2 Å². The van der Waals surface area contributed by atoms with Crippen LogP contribution in [0.25, 0.3) is 22.6 Å². The quantitative estimate of drug-likeness (QED) is 0.460. The van der Waals surface area contributed by atoms with Gasteiger partial charge in [0.15, 0.2) is 11.7 Å². The number of para-hydroxylation sites is 1. The molecular formula is C24H27N3O5. The number of oxazole rings is 1. The van der Waals surface area contributed by atoms with Crippen LogP contribution in [0.3, 0.4) is 0 Å². The molecule has 2 amide bonds. The van der Waals surface area contributed by atoms with Gasteiger partial charge in [-0.05, 0) is 30.5 Å². The number of amides is 2. The molecule has 3 aromatic rings. The Morgan fingerprint density at radius 1 is 1.19 bits per heavy atom. The molecule has 0 unspecified atom stereocenters. The molecule has 0 bridgehead atoms. The number of aromatic nitrogens is 1. The molecule has 8 heteroatoms. The van der Waals surface area contributed by atoms with Gasteiger partial charge in [0.1, 0.15) is 11.4 Å². The molecule has 0 aliphatic carbocycles. The second-order valence-corrected chi connectivity index (χ2v) is 7.85. The smallest absolute Gasteiger partial charge is 0.343 e. The van der Waals surface area contributed by atoms with Crippen LogP contribution in [0.5, 0.6) is 5.75 Å². The summed E-state index contributed by atoms with van der Waals surface area (Å²) in [6, 6.07) is 14.8. The molecule has 8 nitrogen and oxygen atoms in total. The van der Waals surface area contributed by atoms with E-state index in [0.29, 0.717) is 54.1 Å². The molecule has 1 fully saturated rings. The topological polar surface area (TPSA) is 99.3 Å². The zero-order chi connectivity index (χ0) is 22.7. The molecule has 168 valence electrons. The number of nitrogens with zero attached hydrogens (tertiary/aromatic N) is 3. The summed E-state index contributed by atoms with van der Waals surface area (Å²) in [5, 5.41) is 19.4. The van der Waals surface area contributed by atoms with Crippen molar-refractivity contribution in [3.63, 3.8) is 0 Å². The van der Waals surface area contributed by atoms with Gasteiger partial charge in [0.25, 0.3) is 0 Å². The van der Waals surface area contributed by atoms with E-state index in [1.807, 2.05) is 48.5 Å². The zero-order valence-corrected chi connectivity index (χ0v) is 18.2. The monoisotopic (exact) mass is 437 g/mol. The van der Waals surface area contributed by atoms with Crippen molar-refractivity contribution in [2.45, 2.75) is 25.4 Å². The minimum atomic E-state index is -0.407. The highest BCUT2D eigenvalue weighted by Crippen LogP contribution is 2.40. The van der Waals surface area contributed by atoms with E-state index in [-0.39, 0.29) is 12.5 Å². The van der Waals surface area contributed by atoms with Gasteiger partial charge >= 0.3 is 6.03 Å². The number of methoxy groups -OCH3 is 1. The van der Waals surface area contributed by atoms with Gasteiger partial charge in [-0.1, -0.05) is 36.4 Å². The highest BCUT2D eigenvalue weighted by atomic mass is 16.5. The molecular weight excluding hydrogens is 410 g/mol. The number of hydroxylamine groups is 2. The minimum absolute atomic E-state index is 0.0262. The van der Waals surface area contributed by atoms with Crippen LogP contribution in [-0.4, -0.2) is 58.5 Å². The summed E-state index contributed by atoms with van der Waals surface area (Å²) in [6.45, 7) is 1.00. The average molecular weight is 437 g/mol. The number of hydrogen-bond donors (Lipinski definition) is 2. The van der Waals surface area contributed by atoms with Crippen LogP contribution >= 0.6 is 0 Å². The maximum absolute atomic E-state index is 12.0. The third-order valence-corrected chi connectivity index (χ3v) is 5.80. The van der Waals surface area contributed by atoms with Gasteiger partial charge < -0.3 is 19.2 Å². The summed E-state index contributed by atoms with van der Waals surface area (Å²) in [5.74, 6) is 2.02. The lowest BCUT2D eigenvalue weighted by Crippen LogP contribution is -2.43. The Balaban J connectivity index is 1.69. The summed E-state index contributed by atoms with van der Waals surface area (Å²) < 4.78 is 11.9. The van der Waals surface area contributed by atoms with Crippen molar-refractivity contribution in [1.29, 1.82) is 0 Å². The van der Waals surface area contributed by atoms with Crippen LogP contribution < -0.4 is 4.74 Å². The van der Waals surface area contributed by atoms with Gasteiger partial charge in [-0.15, -0.1) is 0 Å². The third kappa shape index (κ3) is 4.32. The number of benzene rings is 2. The first-order valence-corrected chi connectivity index (χ1v) is 10.6. The van der Waals surface area contributed by atoms with E-state index in [2.05, 4.69) is 0 Å². The summed E-state index contributed by atoms with van der Waals surface area (Å²) in [5.41, 5.74) is 3.21. The summed E-state index contributed by atoms with van der Waals surface area (Å²) >= 11 is 0. The van der Waals surface area contributed by atoms with Crippen LogP contribution in [0, 0.1) is 0 Å². The van der Waals surface area contributed by atoms with Gasteiger partial charge in [0.2, 0.25) is 0 Å². The maximum atomic E-state index is 12.0. The Bertz CT molecular complexity index is 1070. The summed E-state index contributed by atoms with van der Waals surface area (Å²) in [4.78, 5) is 18.5. The molecule has 1 aliphatic rings. The van der Waals surface area contributed by atoms with Gasteiger partial charge in [0, 0.05) is 37.2 Å².